The van der Waals surface area contributed by atoms with Crippen LogP contribution in [0.1, 0.15) is 46.8 Å². The van der Waals surface area contributed by atoms with E-state index in [2.05, 4.69) is 50.0 Å². The Kier molecular flexibility index (Phi) is 3.60. The van der Waals surface area contributed by atoms with Crippen LogP contribution in [0, 0.1) is 6.92 Å². The van der Waals surface area contributed by atoms with Gasteiger partial charge in [0.1, 0.15) is 5.01 Å². The number of aryl methyl sites for hydroxylation is 1. The van der Waals surface area contributed by atoms with Crippen LogP contribution >= 0.6 is 11.3 Å². The van der Waals surface area contributed by atoms with Crippen LogP contribution in [0.3, 0.4) is 0 Å². The molecular weight excluding hydrogens is 228 g/mol. The zero-order chi connectivity index (χ0) is 12.4. The van der Waals surface area contributed by atoms with Crippen LogP contribution in [0.5, 0.6) is 0 Å². The number of nitrogens with two attached hydrogens (primary N) is 1. The topological polar surface area (TPSA) is 38.9 Å². The molecule has 0 bridgehead atoms. The number of thiazole rings is 1. The number of rotatable bonds is 3. The van der Waals surface area contributed by atoms with Crippen molar-refractivity contribution < 1.29 is 0 Å². The van der Waals surface area contributed by atoms with Crippen LogP contribution in [-0.4, -0.2) is 4.98 Å². The molecule has 90 valence electrons. The Morgan fingerprint density at radius 3 is 2.18 bits per heavy atom. The second-order valence-electron chi connectivity index (χ2n) is 4.61. The van der Waals surface area contributed by atoms with Crippen LogP contribution < -0.4 is 5.73 Å². The Bertz CT molecular complexity index is 485. The lowest BCUT2D eigenvalue weighted by molar-refractivity contribution is 0.841. The van der Waals surface area contributed by atoms with Gasteiger partial charge in [0, 0.05) is 11.1 Å². The van der Waals surface area contributed by atoms with Crippen LogP contribution in [0.2, 0.25) is 0 Å². The lowest BCUT2D eigenvalue weighted by atomic mass is 9.99. The summed E-state index contributed by atoms with van der Waals surface area (Å²) < 4.78 is 0. The van der Waals surface area contributed by atoms with Crippen LogP contribution in [0.25, 0.3) is 0 Å². The van der Waals surface area contributed by atoms with E-state index < -0.39 is 0 Å². The van der Waals surface area contributed by atoms with Crippen LogP contribution in [0.4, 0.5) is 0 Å². The first kappa shape index (κ1) is 12.3. The molecule has 0 saturated heterocycles. The molecule has 0 aliphatic heterocycles. The van der Waals surface area contributed by atoms with Crippen molar-refractivity contribution >= 4 is 11.3 Å². The Hall–Kier alpha value is -1.19. The molecule has 0 amide bonds. The predicted octanol–water partition coefficient (Wildman–Crippen LogP) is 3.62. The van der Waals surface area contributed by atoms with Gasteiger partial charge in [0.2, 0.25) is 0 Å². The highest BCUT2D eigenvalue weighted by Crippen LogP contribution is 2.25. The maximum Gasteiger partial charge on any atom is 0.114 e. The summed E-state index contributed by atoms with van der Waals surface area (Å²) in [5, 5.41) is 0.986. The van der Waals surface area contributed by atoms with Crippen molar-refractivity contribution in [3.05, 3.63) is 51.5 Å². The third-order valence-corrected chi connectivity index (χ3v) is 3.86. The number of nitrogens with zero attached hydrogens (tertiary/aromatic N) is 1. The number of hydrogen-bond donors (Lipinski definition) is 1. The summed E-state index contributed by atoms with van der Waals surface area (Å²) in [7, 11) is 0. The fraction of sp³-hybridized carbons (Fsp3) is 0.357. The average molecular weight is 246 g/mol. The molecule has 1 unspecified atom stereocenters. The van der Waals surface area contributed by atoms with Crippen LogP contribution in [-0.2, 0) is 0 Å². The Balaban J connectivity index is 2.22. The number of hydrogen-bond acceptors (Lipinski definition) is 3. The molecule has 3 heteroatoms. The standard InChI is InChI=1S/C14H18N2S/c1-9(2)11-4-6-12(7-5-11)13(15)14-16-8-10(3)17-14/h4-9,13H,15H2,1-3H3. The van der Waals surface area contributed by atoms with E-state index in [4.69, 9.17) is 5.73 Å². The third-order valence-electron chi connectivity index (χ3n) is 2.87. The summed E-state index contributed by atoms with van der Waals surface area (Å²) in [6, 6.07) is 8.42. The average Bonchev–Trinajstić information content (AvgIpc) is 2.75. The van der Waals surface area contributed by atoms with Gasteiger partial charge in [-0.3, -0.25) is 0 Å². The Morgan fingerprint density at radius 2 is 1.71 bits per heavy atom. The van der Waals surface area contributed by atoms with E-state index in [1.54, 1.807) is 11.3 Å². The molecule has 17 heavy (non-hydrogen) atoms. The van der Waals surface area contributed by atoms with Crippen molar-refractivity contribution in [1.29, 1.82) is 0 Å². The minimum Gasteiger partial charge on any atom is -0.318 e. The predicted molar refractivity (Wildman–Crippen MR) is 73.4 cm³/mol. The van der Waals surface area contributed by atoms with Crippen molar-refractivity contribution in [3.8, 4) is 0 Å². The molecule has 0 radical (unpaired) electrons. The third kappa shape index (κ3) is 2.73. The second kappa shape index (κ2) is 4.98. The number of benzene rings is 1. The maximum absolute atomic E-state index is 6.20. The SMILES string of the molecule is Cc1cnc(C(N)c2ccc(C(C)C)cc2)s1. The van der Waals surface area contributed by atoms with E-state index in [1.165, 1.54) is 10.4 Å². The van der Waals surface area contributed by atoms with Gasteiger partial charge in [-0.05, 0) is 24.0 Å². The van der Waals surface area contributed by atoms with E-state index in [0.717, 1.165) is 10.6 Å². The summed E-state index contributed by atoms with van der Waals surface area (Å²) in [5.74, 6) is 0.558. The largest absolute Gasteiger partial charge is 0.318 e. The molecule has 1 aromatic carbocycles. The molecule has 0 saturated carbocycles. The molecule has 2 N–H and O–H groups in total. The minimum absolute atomic E-state index is 0.102. The summed E-state index contributed by atoms with van der Waals surface area (Å²) in [6.45, 7) is 6.44. The first-order chi connectivity index (χ1) is 8.08. The van der Waals surface area contributed by atoms with Crippen LogP contribution in [0.15, 0.2) is 30.5 Å². The highest BCUT2D eigenvalue weighted by atomic mass is 32.1. The summed E-state index contributed by atoms with van der Waals surface area (Å²) in [4.78, 5) is 5.55. The first-order valence-corrected chi connectivity index (χ1v) is 6.67. The molecule has 1 atom stereocenters. The normalized spacial score (nSPS) is 13.0. The summed E-state index contributed by atoms with van der Waals surface area (Å²) >= 11 is 1.67. The molecule has 2 nitrogen and oxygen atoms in total. The molecule has 0 fully saturated rings. The molecule has 0 aliphatic rings. The van der Waals surface area contributed by atoms with Crippen molar-refractivity contribution in [3.63, 3.8) is 0 Å². The number of aromatic nitrogens is 1. The molecular formula is C14H18N2S. The highest BCUT2D eigenvalue weighted by molar-refractivity contribution is 7.11. The van der Waals surface area contributed by atoms with Gasteiger partial charge in [0.15, 0.2) is 0 Å². The molecule has 0 aliphatic carbocycles. The quantitative estimate of drug-likeness (QED) is 0.898. The molecule has 0 spiro atoms. The van der Waals surface area contributed by atoms with Gasteiger partial charge in [-0.25, -0.2) is 4.98 Å². The van der Waals surface area contributed by atoms with E-state index in [9.17, 15) is 0 Å². The van der Waals surface area contributed by atoms with E-state index in [0.29, 0.717) is 5.92 Å². The Morgan fingerprint density at radius 1 is 1.12 bits per heavy atom. The van der Waals surface area contributed by atoms with Gasteiger partial charge in [0.25, 0.3) is 0 Å². The lowest BCUT2D eigenvalue weighted by Crippen LogP contribution is -2.11. The summed E-state index contributed by atoms with van der Waals surface area (Å²) in [5.41, 5.74) is 8.68. The molecule has 1 aromatic heterocycles. The zero-order valence-corrected chi connectivity index (χ0v) is 11.3. The van der Waals surface area contributed by atoms with Gasteiger partial charge in [-0.1, -0.05) is 38.1 Å². The first-order valence-electron chi connectivity index (χ1n) is 5.85. The van der Waals surface area contributed by atoms with E-state index >= 15 is 0 Å². The molecule has 1 heterocycles. The lowest BCUT2D eigenvalue weighted by Gasteiger charge is -2.11. The fourth-order valence-corrected chi connectivity index (χ4v) is 2.55. The fourth-order valence-electron chi connectivity index (χ4n) is 1.75. The summed E-state index contributed by atoms with van der Waals surface area (Å²) in [6.07, 6.45) is 1.88. The van der Waals surface area contributed by atoms with Gasteiger partial charge < -0.3 is 5.73 Å². The smallest absolute Gasteiger partial charge is 0.114 e. The van der Waals surface area contributed by atoms with Crippen molar-refractivity contribution in [2.24, 2.45) is 5.73 Å². The van der Waals surface area contributed by atoms with Crippen molar-refractivity contribution in [1.82, 2.24) is 4.98 Å². The van der Waals surface area contributed by atoms with Gasteiger partial charge in [0.05, 0.1) is 6.04 Å². The minimum atomic E-state index is -0.102. The van der Waals surface area contributed by atoms with E-state index in [-0.39, 0.29) is 6.04 Å². The van der Waals surface area contributed by atoms with Crippen molar-refractivity contribution in [2.75, 3.05) is 0 Å². The highest BCUT2D eigenvalue weighted by Gasteiger charge is 2.12. The molecule has 2 rings (SSSR count). The van der Waals surface area contributed by atoms with Gasteiger partial charge >= 0.3 is 0 Å². The Labute approximate surface area is 107 Å². The second-order valence-corrected chi connectivity index (χ2v) is 5.87. The monoisotopic (exact) mass is 246 g/mol. The van der Waals surface area contributed by atoms with Gasteiger partial charge in [-0.15, -0.1) is 11.3 Å². The van der Waals surface area contributed by atoms with Gasteiger partial charge in [-0.2, -0.15) is 0 Å². The maximum atomic E-state index is 6.20. The molecule has 2 aromatic rings. The van der Waals surface area contributed by atoms with Crippen molar-refractivity contribution in [2.45, 2.75) is 32.7 Å². The van der Waals surface area contributed by atoms with E-state index in [1.807, 2.05) is 6.20 Å². The zero-order valence-electron chi connectivity index (χ0n) is 10.5.